The summed E-state index contributed by atoms with van der Waals surface area (Å²) in [7, 11) is 0. The van der Waals surface area contributed by atoms with E-state index in [9.17, 15) is 4.79 Å². The van der Waals surface area contributed by atoms with Crippen molar-refractivity contribution in [1.29, 1.82) is 0 Å². The lowest BCUT2D eigenvalue weighted by Crippen LogP contribution is -2.02. The van der Waals surface area contributed by atoms with E-state index in [2.05, 4.69) is 15.9 Å². The molecule has 0 N–H and O–H groups in total. The van der Waals surface area contributed by atoms with Crippen molar-refractivity contribution in [3.63, 3.8) is 0 Å². The third kappa shape index (κ3) is 2.71. The molecular formula is C13H7BrCl2O. The Kier molecular flexibility index (Phi) is 3.87. The molecule has 2 aromatic carbocycles. The van der Waals surface area contributed by atoms with Crippen molar-refractivity contribution in [2.75, 3.05) is 0 Å². The Labute approximate surface area is 117 Å². The molecule has 4 heteroatoms. The number of hydrogen-bond donors (Lipinski definition) is 0. The molecule has 0 saturated carbocycles. The number of rotatable bonds is 2. The highest BCUT2D eigenvalue weighted by Crippen LogP contribution is 2.25. The standard InChI is InChI=1S/C13H7BrCl2O/c14-10-4-2-1-3-9(10)13(17)8-5-6-11(15)12(16)7-8/h1-7H. The van der Waals surface area contributed by atoms with Crippen LogP contribution in [0.15, 0.2) is 46.9 Å². The molecular weight excluding hydrogens is 323 g/mol. The first-order valence-corrected chi connectivity index (χ1v) is 6.39. The lowest BCUT2D eigenvalue weighted by molar-refractivity contribution is 0.103. The van der Waals surface area contributed by atoms with Crippen molar-refractivity contribution < 1.29 is 4.79 Å². The van der Waals surface area contributed by atoms with Gasteiger partial charge < -0.3 is 0 Å². The minimum absolute atomic E-state index is 0.0870. The number of ketones is 1. The molecule has 0 saturated heterocycles. The fraction of sp³-hybridized carbons (Fsp3) is 0. The van der Waals surface area contributed by atoms with Gasteiger partial charge >= 0.3 is 0 Å². The highest BCUT2D eigenvalue weighted by molar-refractivity contribution is 9.10. The average Bonchev–Trinajstić information content (AvgIpc) is 2.32. The topological polar surface area (TPSA) is 17.1 Å². The third-order valence-electron chi connectivity index (χ3n) is 2.30. The Morgan fingerprint density at radius 3 is 2.35 bits per heavy atom. The highest BCUT2D eigenvalue weighted by Gasteiger charge is 2.13. The molecule has 0 bridgehead atoms. The summed E-state index contributed by atoms with van der Waals surface area (Å²) in [5, 5.41) is 0.819. The van der Waals surface area contributed by atoms with E-state index >= 15 is 0 Å². The Bertz CT molecular complexity index is 581. The molecule has 0 aliphatic rings. The zero-order valence-electron chi connectivity index (χ0n) is 8.58. The molecule has 0 spiro atoms. The van der Waals surface area contributed by atoms with E-state index in [1.807, 2.05) is 18.2 Å². The normalized spacial score (nSPS) is 10.3. The van der Waals surface area contributed by atoms with E-state index in [1.54, 1.807) is 24.3 Å². The van der Waals surface area contributed by atoms with Gasteiger partial charge in [0, 0.05) is 15.6 Å². The molecule has 0 heterocycles. The molecule has 0 atom stereocenters. The van der Waals surface area contributed by atoms with Crippen molar-refractivity contribution >= 4 is 44.9 Å². The maximum absolute atomic E-state index is 12.2. The lowest BCUT2D eigenvalue weighted by Gasteiger charge is -2.04. The van der Waals surface area contributed by atoms with Crippen LogP contribution in [0.4, 0.5) is 0 Å². The first-order chi connectivity index (χ1) is 8.09. The molecule has 0 aliphatic carbocycles. The van der Waals surface area contributed by atoms with Crippen molar-refractivity contribution in [3.05, 3.63) is 68.1 Å². The minimum Gasteiger partial charge on any atom is -0.289 e. The summed E-state index contributed by atoms with van der Waals surface area (Å²) in [6, 6.07) is 12.1. The maximum Gasteiger partial charge on any atom is 0.194 e. The number of carbonyl (C=O) groups excluding carboxylic acids is 1. The quantitative estimate of drug-likeness (QED) is 0.709. The van der Waals surface area contributed by atoms with Crippen LogP contribution < -0.4 is 0 Å². The molecule has 86 valence electrons. The summed E-state index contributed by atoms with van der Waals surface area (Å²) in [6.07, 6.45) is 0. The fourth-order valence-electron chi connectivity index (χ4n) is 1.44. The Morgan fingerprint density at radius 2 is 1.71 bits per heavy atom. The molecule has 1 nitrogen and oxygen atoms in total. The summed E-state index contributed by atoms with van der Waals surface area (Å²) in [5.74, 6) is -0.0870. The van der Waals surface area contributed by atoms with E-state index < -0.39 is 0 Å². The molecule has 2 rings (SSSR count). The van der Waals surface area contributed by atoms with Crippen LogP contribution in [0.25, 0.3) is 0 Å². The van der Waals surface area contributed by atoms with Crippen molar-refractivity contribution in [2.45, 2.75) is 0 Å². The summed E-state index contributed by atoms with van der Waals surface area (Å²) in [5.41, 5.74) is 1.12. The summed E-state index contributed by atoms with van der Waals surface area (Å²) < 4.78 is 0.760. The van der Waals surface area contributed by atoms with Crippen molar-refractivity contribution in [3.8, 4) is 0 Å². The average molecular weight is 330 g/mol. The maximum atomic E-state index is 12.2. The number of hydrogen-bond acceptors (Lipinski definition) is 1. The second kappa shape index (κ2) is 5.21. The molecule has 0 aliphatic heterocycles. The predicted octanol–water partition coefficient (Wildman–Crippen LogP) is 4.99. The van der Waals surface area contributed by atoms with Gasteiger partial charge in [0.1, 0.15) is 0 Å². The van der Waals surface area contributed by atoms with E-state index in [0.29, 0.717) is 21.2 Å². The van der Waals surface area contributed by atoms with Gasteiger partial charge in [-0.2, -0.15) is 0 Å². The van der Waals surface area contributed by atoms with Gasteiger partial charge in [0.25, 0.3) is 0 Å². The van der Waals surface area contributed by atoms with Gasteiger partial charge in [-0.15, -0.1) is 0 Å². The molecule has 0 amide bonds. The first kappa shape index (κ1) is 12.6. The van der Waals surface area contributed by atoms with Crippen LogP contribution in [0, 0.1) is 0 Å². The number of halogens is 3. The van der Waals surface area contributed by atoms with Gasteiger partial charge in [-0.05, 0) is 30.3 Å². The molecule has 0 radical (unpaired) electrons. The summed E-state index contributed by atoms with van der Waals surface area (Å²) >= 11 is 15.0. The molecule has 0 fully saturated rings. The zero-order valence-corrected chi connectivity index (χ0v) is 11.7. The van der Waals surface area contributed by atoms with Crippen molar-refractivity contribution in [2.24, 2.45) is 0 Å². The van der Waals surface area contributed by atoms with Gasteiger partial charge in [0.15, 0.2) is 5.78 Å². The fourth-order valence-corrected chi connectivity index (χ4v) is 2.20. The SMILES string of the molecule is O=C(c1ccc(Cl)c(Cl)c1)c1ccccc1Br. The van der Waals surface area contributed by atoms with Gasteiger partial charge in [-0.25, -0.2) is 0 Å². The Morgan fingerprint density at radius 1 is 1.00 bits per heavy atom. The molecule has 17 heavy (non-hydrogen) atoms. The van der Waals surface area contributed by atoms with Crippen LogP contribution in [-0.2, 0) is 0 Å². The van der Waals surface area contributed by atoms with Gasteiger partial charge in [-0.1, -0.05) is 51.3 Å². The molecule has 0 unspecified atom stereocenters. The van der Waals surface area contributed by atoms with Crippen LogP contribution in [0.5, 0.6) is 0 Å². The predicted molar refractivity (Wildman–Crippen MR) is 74.0 cm³/mol. The largest absolute Gasteiger partial charge is 0.289 e. The smallest absolute Gasteiger partial charge is 0.194 e. The Balaban J connectivity index is 2.44. The third-order valence-corrected chi connectivity index (χ3v) is 3.73. The van der Waals surface area contributed by atoms with E-state index in [1.165, 1.54) is 0 Å². The van der Waals surface area contributed by atoms with Crippen LogP contribution >= 0.6 is 39.1 Å². The first-order valence-electron chi connectivity index (χ1n) is 4.84. The van der Waals surface area contributed by atoms with Gasteiger partial charge in [-0.3, -0.25) is 4.79 Å². The summed E-state index contributed by atoms with van der Waals surface area (Å²) in [6.45, 7) is 0. The Hall–Kier alpha value is -0.830. The summed E-state index contributed by atoms with van der Waals surface area (Å²) in [4.78, 5) is 12.2. The van der Waals surface area contributed by atoms with Crippen molar-refractivity contribution in [1.82, 2.24) is 0 Å². The van der Waals surface area contributed by atoms with Crippen LogP contribution in [0.1, 0.15) is 15.9 Å². The molecule has 2 aromatic rings. The van der Waals surface area contributed by atoms with E-state index in [-0.39, 0.29) is 5.78 Å². The monoisotopic (exact) mass is 328 g/mol. The van der Waals surface area contributed by atoms with E-state index in [0.717, 1.165) is 4.47 Å². The van der Waals surface area contributed by atoms with Crippen LogP contribution in [0.2, 0.25) is 10.0 Å². The van der Waals surface area contributed by atoms with E-state index in [4.69, 9.17) is 23.2 Å². The van der Waals surface area contributed by atoms with Gasteiger partial charge in [0.2, 0.25) is 0 Å². The highest BCUT2D eigenvalue weighted by atomic mass is 79.9. The second-order valence-electron chi connectivity index (χ2n) is 3.44. The number of carbonyl (C=O) groups is 1. The minimum atomic E-state index is -0.0870. The van der Waals surface area contributed by atoms with Crippen LogP contribution in [0.3, 0.4) is 0 Å². The lowest BCUT2D eigenvalue weighted by atomic mass is 10.0. The second-order valence-corrected chi connectivity index (χ2v) is 5.11. The van der Waals surface area contributed by atoms with Gasteiger partial charge in [0.05, 0.1) is 10.0 Å². The van der Waals surface area contributed by atoms with Crippen LogP contribution in [-0.4, -0.2) is 5.78 Å². The molecule has 0 aromatic heterocycles. The number of benzene rings is 2. The zero-order chi connectivity index (χ0) is 12.4.